The second kappa shape index (κ2) is 4.40. The number of carbonyl (C=O) groups is 2. The molecule has 0 unspecified atom stereocenters. The lowest BCUT2D eigenvalue weighted by atomic mass is 9.77. The highest BCUT2D eigenvalue weighted by molar-refractivity contribution is 6.09. The van der Waals surface area contributed by atoms with E-state index in [0.29, 0.717) is 18.5 Å². The number of hydrogen-bond donors (Lipinski definition) is 1. The summed E-state index contributed by atoms with van der Waals surface area (Å²) in [6, 6.07) is 1.71. The molecule has 0 atom stereocenters. The van der Waals surface area contributed by atoms with Crippen molar-refractivity contribution in [2.45, 2.75) is 32.1 Å². The van der Waals surface area contributed by atoms with E-state index < -0.39 is 11.4 Å². The maximum Gasteiger partial charge on any atom is 0.323 e. The Labute approximate surface area is 105 Å². The molecule has 0 bridgehead atoms. The van der Waals surface area contributed by atoms with Gasteiger partial charge in [-0.3, -0.25) is 14.6 Å². The SMILES string of the molecule is CCC1(CC)C(=O)N(CC(=O)O)c2ccncc21. The van der Waals surface area contributed by atoms with Crippen molar-refractivity contribution in [3.05, 3.63) is 24.0 Å². The Morgan fingerprint density at radius 1 is 1.44 bits per heavy atom. The summed E-state index contributed by atoms with van der Waals surface area (Å²) in [6.45, 7) is 3.60. The van der Waals surface area contributed by atoms with Crippen molar-refractivity contribution < 1.29 is 14.7 Å². The van der Waals surface area contributed by atoms with Gasteiger partial charge in [0.15, 0.2) is 0 Å². The summed E-state index contributed by atoms with van der Waals surface area (Å²) < 4.78 is 0. The van der Waals surface area contributed by atoms with Crippen LogP contribution in [0.4, 0.5) is 5.69 Å². The van der Waals surface area contributed by atoms with Crippen LogP contribution in [-0.2, 0) is 15.0 Å². The smallest absolute Gasteiger partial charge is 0.323 e. The summed E-state index contributed by atoms with van der Waals surface area (Å²) in [6.07, 6.45) is 4.57. The van der Waals surface area contributed by atoms with Gasteiger partial charge < -0.3 is 10.0 Å². The zero-order chi connectivity index (χ0) is 13.3. The summed E-state index contributed by atoms with van der Waals surface area (Å²) >= 11 is 0. The van der Waals surface area contributed by atoms with Crippen molar-refractivity contribution in [2.75, 3.05) is 11.4 Å². The number of rotatable bonds is 4. The number of carboxylic acid groups (broad SMARTS) is 1. The minimum absolute atomic E-state index is 0.127. The zero-order valence-electron chi connectivity index (χ0n) is 10.5. The lowest BCUT2D eigenvalue weighted by molar-refractivity contribution is -0.137. The Kier molecular flexibility index (Phi) is 3.07. The van der Waals surface area contributed by atoms with E-state index in [2.05, 4.69) is 4.98 Å². The third-order valence-electron chi connectivity index (χ3n) is 3.76. The van der Waals surface area contributed by atoms with Crippen LogP contribution in [0.2, 0.25) is 0 Å². The van der Waals surface area contributed by atoms with Crippen LogP contribution in [-0.4, -0.2) is 28.5 Å². The summed E-state index contributed by atoms with van der Waals surface area (Å²) in [4.78, 5) is 28.8. The normalized spacial score (nSPS) is 16.8. The van der Waals surface area contributed by atoms with Crippen LogP contribution in [0.15, 0.2) is 18.5 Å². The van der Waals surface area contributed by atoms with E-state index in [-0.39, 0.29) is 12.5 Å². The van der Waals surface area contributed by atoms with Gasteiger partial charge in [0.1, 0.15) is 6.54 Å². The van der Waals surface area contributed by atoms with Gasteiger partial charge in [0.25, 0.3) is 0 Å². The van der Waals surface area contributed by atoms with Crippen molar-refractivity contribution in [3.63, 3.8) is 0 Å². The number of hydrogen-bond acceptors (Lipinski definition) is 3. The number of anilines is 1. The third kappa shape index (κ3) is 1.58. The quantitative estimate of drug-likeness (QED) is 0.878. The molecular formula is C13H16N2O3. The summed E-state index contributed by atoms with van der Waals surface area (Å²) in [5.74, 6) is -1.13. The predicted octanol–water partition coefficient (Wildman–Crippen LogP) is 1.57. The van der Waals surface area contributed by atoms with Crippen LogP contribution in [0.5, 0.6) is 0 Å². The molecule has 2 rings (SSSR count). The predicted molar refractivity (Wildman–Crippen MR) is 66.5 cm³/mol. The van der Waals surface area contributed by atoms with Gasteiger partial charge in [-0.25, -0.2) is 0 Å². The molecule has 0 aromatic carbocycles. The Balaban J connectivity index is 2.56. The molecule has 1 amide bonds. The maximum absolute atomic E-state index is 12.5. The van der Waals surface area contributed by atoms with E-state index in [1.165, 1.54) is 4.90 Å². The molecular weight excluding hydrogens is 232 g/mol. The van der Waals surface area contributed by atoms with E-state index >= 15 is 0 Å². The molecule has 0 saturated heterocycles. The largest absolute Gasteiger partial charge is 0.480 e. The van der Waals surface area contributed by atoms with Crippen molar-refractivity contribution >= 4 is 17.6 Å². The molecule has 1 aromatic rings. The van der Waals surface area contributed by atoms with Crippen molar-refractivity contribution in [1.29, 1.82) is 0 Å². The highest BCUT2D eigenvalue weighted by Crippen LogP contribution is 2.45. The number of aliphatic carboxylic acids is 1. The number of nitrogens with zero attached hydrogens (tertiary/aromatic N) is 2. The molecule has 0 saturated carbocycles. The molecule has 2 heterocycles. The minimum Gasteiger partial charge on any atom is -0.480 e. The second-order valence-electron chi connectivity index (χ2n) is 4.47. The fourth-order valence-electron chi connectivity index (χ4n) is 2.70. The standard InChI is InChI=1S/C13H16N2O3/c1-3-13(4-2)9-7-14-6-5-10(9)15(12(13)18)8-11(16)17/h5-7H,3-4,8H2,1-2H3,(H,16,17). The average molecular weight is 248 g/mol. The first-order valence-electron chi connectivity index (χ1n) is 6.05. The Morgan fingerprint density at radius 2 is 2.11 bits per heavy atom. The second-order valence-corrected chi connectivity index (χ2v) is 4.47. The Morgan fingerprint density at radius 3 is 2.67 bits per heavy atom. The van der Waals surface area contributed by atoms with Crippen molar-refractivity contribution in [3.8, 4) is 0 Å². The monoisotopic (exact) mass is 248 g/mol. The number of carbonyl (C=O) groups excluding carboxylic acids is 1. The highest BCUT2D eigenvalue weighted by atomic mass is 16.4. The van der Waals surface area contributed by atoms with Crippen LogP contribution in [0.1, 0.15) is 32.3 Å². The molecule has 0 radical (unpaired) electrons. The molecule has 5 nitrogen and oxygen atoms in total. The topological polar surface area (TPSA) is 70.5 Å². The number of carboxylic acids is 1. The van der Waals surface area contributed by atoms with Gasteiger partial charge in [-0.05, 0) is 18.9 Å². The highest BCUT2D eigenvalue weighted by Gasteiger charge is 2.48. The maximum atomic E-state index is 12.5. The van der Waals surface area contributed by atoms with Gasteiger partial charge in [-0.2, -0.15) is 0 Å². The summed E-state index contributed by atoms with van der Waals surface area (Å²) in [5, 5.41) is 8.92. The van der Waals surface area contributed by atoms with Gasteiger partial charge in [0.05, 0.1) is 11.1 Å². The molecule has 1 aliphatic rings. The average Bonchev–Trinajstić information content (AvgIpc) is 2.60. The zero-order valence-corrected chi connectivity index (χ0v) is 10.5. The fourth-order valence-corrected chi connectivity index (χ4v) is 2.70. The Bertz CT molecular complexity index is 495. The first-order chi connectivity index (χ1) is 8.56. The van der Waals surface area contributed by atoms with Crippen LogP contribution >= 0.6 is 0 Å². The van der Waals surface area contributed by atoms with Crippen molar-refractivity contribution in [2.24, 2.45) is 0 Å². The number of amides is 1. The van der Waals surface area contributed by atoms with Gasteiger partial charge in [0.2, 0.25) is 5.91 Å². The van der Waals surface area contributed by atoms with E-state index in [4.69, 9.17) is 5.11 Å². The molecule has 1 N–H and O–H groups in total. The van der Waals surface area contributed by atoms with Gasteiger partial charge in [-0.1, -0.05) is 13.8 Å². The first-order valence-corrected chi connectivity index (χ1v) is 6.05. The molecule has 5 heteroatoms. The van der Waals surface area contributed by atoms with E-state index in [1.807, 2.05) is 13.8 Å². The molecule has 0 fully saturated rings. The van der Waals surface area contributed by atoms with E-state index in [9.17, 15) is 9.59 Å². The van der Waals surface area contributed by atoms with Crippen LogP contribution in [0.25, 0.3) is 0 Å². The van der Waals surface area contributed by atoms with Gasteiger partial charge >= 0.3 is 5.97 Å². The van der Waals surface area contributed by atoms with Gasteiger partial charge in [-0.15, -0.1) is 0 Å². The summed E-state index contributed by atoms with van der Waals surface area (Å²) in [7, 11) is 0. The molecule has 1 aromatic heterocycles. The third-order valence-corrected chi connectivity index (χ3v) is 3.76. The first kappa shape index (κ1) is 12.5. The van der Waals surface area contributed by atoms with Crippen LogP contribution in [0, 0.1) is 0 Å². The van der Waals surface area contributed by atoms with Crippen molar-refractivity contribution in [1.82, 2.24) is 4.98 Å². The summed E-state index contributed by atoms with van der Waals surface area (Å²) in [5.41, 5.74) is 0.918. The fraction of sp³-hybridized carbons (Fsp3) is 0.462. The Hall–Kier alpha value is -1.91. The van der Waals surface area contributed by atoms with Gasteiger partial charge in [0, 0.05) is 18.0 Å². The number of aromatic nitrogens is 1. The number of fused-ring (bicyclic) bond motifs is 1. The number of pyridine rings is 1. The molecule has 0 spiro atoms. The van der Waals surface area contributed by atoms with E-state index in [0.717, 1.165) is 5.56 Å². The van der Waals surface area contributed by atoms with E-state index in [1.54, 1.807) is 18.5 Å². The molecule has 0 aliphatic carbocycles. The lowest BCUT2D eigenvalue weighted by Crippen LogP contribution is -2.41. The minimum atomic E-state index is -1.01. The van der Waals surface area contributed by atoms with Crippen LogP contribution < -0.4 is 4.90 Å². The molecule has 18 heavy (non-hydrogen) atoms. The lowest BCUT2D eigenvalue weighted by Gasteiger charge is -2.25. The molecule has 1 aliphatic heterocycles. The molecule has 96 valence electrons. The van der Waals surface area contributed by atoms with Crippen LogP contribution in [0.3, 0.4) is 0 Å².